The van der Waals surface area contributed by atoms with Crippen molar-refractivity contribution in [2.45, 2.75) is 26.0 Å². The molecule has 11 nitrogen and oxygen atoms in total. The molecule has 3 amide bonds. The third kappa shape index (κ3) is 5.53. The van der Waals surface area contributed by atoms with Gasteiger partial charge >= 0.3 is 11.9 Å². The number of ether oxygens (including phenoxy) is 2. The van der Waals surface area contributed by atoms with Crippen LogP contribution in [0.5, 0.6) is 11.5 Å². The summed E-state index contributed by atoms with van der Waals surface area (Å²) in [6.45, 7) is 2.55. The molecule has 0 unspecified atom stereocenters. The molecule has 0 bridgehead atoms. The molecular weight excluding hydrogens is 470 g/mol. The monoisotopic (exact) mass is 493 g/mol. The van der Waals surface area contributed by atoms with Gasteiger partial charge in [-0.2, -0.15) is 0 Å². The van der Waals surface area contributed by atoms with Crippen LogP contribution in [0.4, 0.5) is 5.69 Å². The first kappa shape index (κ1) is 24.5. The van der Waals surface area contributed by atoms with Gasteiger partial charge in [-0.15, -0.1) is 0 Å². The fraction of sp³-hybridized carbons (Fsp3) is 0.200. The van der Waals surface area contributed by atoms with Crippen molar-refractivity contribution in [1.29, 1.82) is 0 Å². The van der Waals surface area contributed by atoms with Gasteiger partial charge in [0.05, 0.1) is 24.3 Å². The number of carbonyl (C=O) groups excluding carboxylic acids is 3. The van der Waals surface area contributed by atoms with Crippen LogP contribution < -0.4 is 25.2 Å². The SMILES string of the molecule is CCOc1ccc(OCc2ccc(C(=O)NN[C@H]3CC(=O)N(c4cccc(C(=O)O)c4)C3=O)o2)cc1. The zero-order chi connectivity index (χ0) is 25.7. The van der Waals surface area contributed by atoms with Crippen LogP contribution >= 0.6 is 0 Å². The highest BCUT2D eigenvalue weighted by molar-refractivity contribution is 6.22. The summed E-state index contributed by atoms with van der Waals surface area (Å²) in [6.07, 6.45) is -0.213. The standard InChI is InChI=1S/C25H23N3O8/c1-2-34-17-6-8-18(9-7-17)35-14-19-10-11-21(36-19)23(30)27-26-20-13-22(29)28(24(20)31)16-5-3-4-15(12-16)25(32)33/h3-12,20,26H,2,13-14H2,1H3,(H,27,30)(H,32,33)/t20-/m0/s1. The van der Waals surface area contributed by atoms with Crippen LogP contribution in [0.1, 0.15) is 40.0 Å². The van der Waals surface area contributed by atoms with Gasteiger partial charge in [0, 0.05) is 0 Å². The molecule has 3 N–H and O–H groups in total. The Kier molecular flexibility index (Phi) is 7.31. The Morgan fingerprint density at radius 3 is 2.47 bits per heavy atom. The number of benzene rings is 2. The Morgan fingerprint density at radius 2 is 1.78 bits per heavy atom. The maximum Gasteiger partial charge on any atom is 0.335 e. The summed E-state index contributed by atoms with van der Waals surface area (Å²) in [7, 11) is 0. The fourth-order valence-electron chi connectivity index (χ4n) is 3.54. The fourth-order valence-corrected chi connectivity index (χ4v) is 3.54. The lowest BCUT2D eigenvalue weighted by Crippen LogP contribution is -2.48. The molecule has 4 rings (SSSR count). The van der Waals surface area contributed by atoms with Gasteiger partial charge in [0.2, 0.25) is 5.91 Å². The second kappa shape index (κ2) is 10.7. The number of nitrogens with zero attached hydrogens (tertiary/aromatic N) is 1. The second-order valence-electron chi connectivity index (χ2n) is 7.74. The Balaban J connectivity index is 1.30. The lowest BCUT2D eigenvalue weighted by Gasteiger charge is -2.16. The lowest BCUT2D eigenvalue weighted by molar-refractivity contribution is -0.121. The van der Waals surface area contributed by atoms with Crippen LogP contribution in [0.3, 0.4) is 0 Å². The van der Waals surface area contributed by atoms with E-state index in [9.17, 15) is 19.2 Å². The van der Waals surface area contributed by atoms with Crippen molar-refractivity contribution in [2.75, 3.05) is 11.5 Å². The Morgan fingerprint density at radius 1 is 1.06 bits per heavy atom. The second-order valence-corrected chi connectivity index (χ2v) is 7.74. The first-order valence-corrected chi connectivity index (χ1v) is 11.1. The minimum Gasteiger partial charge on any atom is -0.494 e. The minimum atomic E-state index is -1.18. The van der Waals surface area contributed by atoms with Crippen LogP contribution in [0, 0.1) is 0 Å². The topological polar surface area (TPSA) is 147 Å². The van der Waals surface area contributed by atoms with Crippen molar-refractivity contribution in [3.63, 3.8) is 0 Å². The lowest BCUT2D eigenvalue weighted by atomic mass is 10.2. The van der Waals surface area contributed by atoms with Crippen LogP contribution in [-0.4, -0.2) is 41.4 Å². The number of hydrogen-bond donors (Lipinski definition) is 3. The largest absolute Gasteiger partial charge is 0.494 e. The van der Waals surface area contributed by atoms with Crippen molar-refractivity contribution >= 4 is 29.4 Å². The summed E-state index contributed by atoms with van der Waals surface area (Å²) < 4.78 is 16.5. The van der Waals surface area contributed by atoms with Crippen molar-refractivity contribution in [3.8, 4) is 11.5 Å². The highest BCUT2D eigenvalue weighted by Gasteiger charge is 2.40. The van der Waals surface area contributed by atoms with E-state index in [-0.39, 0.29) is 30.0 Å². The predicted octanol–water partition coefficient (Wildman–Crippen LogP) is 2.52. The summed E-state index contributed by atoms with van der Waals surface area (Å²) in [4.78, 5) is 49.7. The van der Waals surface area contributed by atoms with E-state index in [0.29, 0.717) is 18.1 Å². The van der Waals surface area contributed by atoms with Gasteiger partial charge in [0.25, 0.3) is 5.91 Å². The van der Waals surface area contributed by atoms with E-state index in [4.69, 9.17) is 19.0 Å². The van der Waals surface area contributed by atoms with Crippen molar-refractivity contribution in [1.82, 2.24) is 10.9 Å². The normalized spacial score (nSPS) is 15.1. The molecule has 11 heteroatoms. The summed E-state index contributed by atoms with van der Waals surface area (Å²) >= 11 is 0. The molecule has 1 saturated heterocycles. The van der Waals surface area contributed by atoms with E-state index in [1.165, 1.54) is 30.3 Å². The van der Waals surface area contributed by atoms with Gasteiger partial charge in [0.1, 0.15) is 29.9 Å². The van der Waals surface area contributed by atoms with E-state index >= 15 is 0 Å². The third-order valence-electron chi connectivity index (χ3n) is 5.26. The number of carboxylic acid groups (broad SMARTS) is 1. The Hall–Kier alpha value is -4.64. The molecule has 1 aromatic heterocycles. The number of hydrazine groups is 1. The van der Waals surface area contributed by atoms with Gasteiger partial charge < -0.3 is 19.0 Å². The highest BCUT2D eigenvalue weighted by atomic mass is 16.5. The summed E-state index contributed by atoms with van der Waals surface area (Å²) in [5, 5.41) is 9.14. The van der Waals surface area contributed by atoms with Gasteiger partial charge in [-0.3, -0.25) is 19.8 Å². The number of anilines is 1. The minimum absolute atomic E-state index is 0.0180. The molecular formula is C25H23N3O8. The molecule has 1 atom stereocenters. The molecule has 1 fully saturated rings. The van der Waals surface area contributed by atoms with Gasteiger partial charge in [-0.1, -0.05) is 6.07 Å². The molecule has 0 radical (unpaired) electrons. The van der Waals surface area contributed by atoms with E-state index in [2.05, 4.69) is 10.9 Å². The Labute approximate surface area is 205 Å². The van der Waals surface area contributed by atoms with Crippen LogP contribution in [0.15, 0.2) is 65.1 Å². The average Bonchev–Trinajstić information content (AvgIpc) is 3.46. The number of furan rings is 1. The molecule has 1 aliphatic heterocycles. The number of rotatable bonds is 10. The number of imide groups is 1. The van der Waals surface area contributed by atoms with Gasteiger partial charge in [-0.05, 0) is 61.5 Å². The molecule has 0 saturated carbocycles. The number of nitrogens with one attached hydrogen (secondary N) is 2. The molecule has 2 heterocycles. The predicted molar refractivity (Wildman–Crippen MR) is 126 cm³/mol. The van der Waals surface area contributed by atoms with E-state index < -0.39 is 29.7 Å². The molecule has 186 valence electrons. The maximum absolute atomic E-state index is 12.7. The molecule has 0 aliphatic carbocycles. The smallest absolute Gasteiger partial charge is 0.335 e. The zero-order valence-corrected chi connectivity index (χ0v) is 19.2. The molecule has 36 heavy (non-hydrogen) atoms. The van der Waals surface area contributed by atoms with Crippen molar-refractivity contribution < 1.29 is 38.2 Å². The number of carboxylic acids is 1. The first-order chi connectivity index (χ1) is 17.4. The Bertz CT molecular complexity index is 1280. The number of amides is 3. The van der Waals surface area contributed by atoms with Gasteiger partial charge in [0.15, 0.2) is 5.76 Å². The van der Waals surface area contributed by atoms with Crippen molar-refractivity contribution in [3.05, 3.63) is 77.7 Å². The number of hydrogen-bond acceptors (Lipinski definition) is 8. The maximum atomic E-state index is 12.7. The average molecular weight is 493 g/mol. The number of aromatic carboxylic acids is 1. The van der Waals surface area contributed by atoms with E-state index in [1.807, 2.05) is 6.92 Å². The van der Waals surface area contributed by atoms with E-state index in [1.54, 1.807) is 30.3 Å². The first-order valence-electron chi connectivity index (χ1n) is 11.1. The molecule has 1 aliphatic rings. The van der Waals surface area contributed by atoms with Crippen LogP contribution in [-0.2, 0) is 16.2 Å². The quantitative estimate of drug-likeness (QED) is 0.286. The molecule has 3 aromatic rings. The molecule has 2 aromatic carbocycles. The summed E-state index contributed by atoms with van der Waals surface area (Å²) in [5.74, 6) is -1.25. The van der Waals surface area contributed by atoms with Gasteiger partial charge in [-0.25, -0.2) is 15.1 Å². The zero-order valence-electron chi connectivity index (χ0n) is 19.2. The highest BCUT2D eigenvalue weighted by Crippen LogP contribution is 2.24. The number of carbonyl (C=O) groups is 4. The summed E-state index contributed by atoms with van der Waals surface area (Å²) in [6, 6.07) is 14.6. The van der Waals surface area contributed by atoms with Crippen LogP contribution in [0.25, 0.3) is 0 Å². The van der Waals surface area contributed by atoms with Crippen LogP contribution in [0.2, 0.25) is 0 Å². The molecule has 0 spiro atoms. The van der Waals surface area contributed by atoms with E-state index in [0.717, 1.165) is 10.6 Å². The van der Waals surface area contributed by atoms with Crippen molar-refractivity contribution in [2.24, 2.45) is 0 Å². The third-order valence-corrected chi connectivity index (χ3v) is 5.26. The summed E-state index contributed by atoms with van der Waals surface area (Å²) in [5.41, 5.74) is 5.00.